The van der Waals surface area contributed by atoms with Crippen molar-refractivity contribution in [2.75, 3.05) is 13.2 Å². The van der Waals surface area contributed by atoms with Gasteiger partial charge >= 0.3 is 0 Å². The van der Waals surface area contributed by atoms with Crippen LogP contribution < -0.4 is 0 Å². The zero-order valence-electron chi connectivity index (χ0n) is 6.63. The summed E-state index contributed by atoms with van der Waals surface area (Å²) >= 11 is 4.61. The summed E-state index contributed by atoms with van der Waals surface area (Å²) in [5, 5.41) is 6.08. The molecule has 1 aromatic heterocycles. The minimum absolute atomic E-state index is 0.146. The van der Waals surface area contributed by atoms with E-state index in [0.717, 1.165) is 0 Å². The lowest BCUT2D eigenvalue weighted by atomic mass is 10.5. The average Bonchev–Trinajstić information content (AvgIpc) is 2.45. The molecule has 1 N–H and O–H groups in total. The van der Waals surface area contributed by atoms with Crippen molar-refractivity contribution in [3.8, 4) is 0 Å². The Morgan fingerprint density at radius 2 is 2.38 bits per heavy atom. The predicted octanol–water partition coefficient (Wildman–Crippen LogP) is 1.56. The number of halogens is 2. The third kappa shape index (κ3) is 4.09. The topological polar surface area (TPSA) is 51.0 Å². The van der Waals surface area contributed by atoms with Crippen LogP contribution in [0.25, 0.3) is 0 Å². The number of ether oxygens (including phenoxy) is 1. The molecule has 0 aliphatic rings. The molecule has 0 atom stereocenters. The van der Waals surface area contributed by atoms with Crippen molar-refractivity contribution in [3.63, 3.8) is 0 Å². The second-order valence-corrected chi connectivity index (χ2v) is 2.59. The quantitative estimate of drug-likeness (QED) is 0.591. The Kier molecular flexibility index (Phi) is 3.97. The Morgan fingerprint density at radius 1 is 1.62 bits per heavy atom. The number of nitrogens with one attached hydrogen (secondary N) is 1. The van der Waals surface area contributed by atoms with Gasteiger partial charge in [0.2, 0.25) is 5.89 Å². The van der Waals surface area contributed by atoms with Gasteiger partial charge in [-0.05, 0) is 12.2 Å². The van der Waals surface area contributed by atoms with E-state index in [-0.39, 0.29) is 11.4 Å². The third-order valence-corrected chi connectivity index (χ3v) is 1.36. The molecule has 0 spiro atoms. The maximum Gasteiger partial charge on any atom is 0.284 e. The minimum Gasteiger partial charge on any atom is -0.414 e. The van der Waals surface area contributed by atoms with E-state index in [1.54, 1.807) is 0 Å². The number of rotatable bonds is 5. The molecule has 74 valence electrons. The highest BCUT2D eigenvalue weighted by Gasteiger charge is 2.03. The fourth-order valence-electron chi connectivity index (χ4n) is 0.699. The lowest BCUT2D eigenvalue weighted by molar-refractivity contribution is 0.0173. The van der Waals surface area contributed by atoms with Gasteiger partial charge in [0.05, 0.1) is 6.61 Å². The van der Waals surface area contributed by atoms with Gasteiger partial charge in [-0.15, -0.1) is 5.10 Å². The molecule has 0 bridgehead atoms. The molecule has 0 aliphatic heterocycles. The van der Waals surface area contributed by atoms with E-state index in [1.165, 1.54) is 0 Å². The van der Waals surface area contributed by atoms with Crippen molar-refractivity contribution in [2.45, 2.75) is 12.8 Å². The maximum atomic E-state index is 11.6. The Balaban J connectivity index is 2.17. The van der Waals surface area contributed by atoms with E-state index in [0.29, 0.717) is 12.3 Å². The molecule has 0 saturated carbocycles. The van der Waals surface area contributed by atoms with E-state index in [4.69, 9.17) is 4.42 Å². The van der Waals surface area contributed by atoms with Gasteiger partial charge in [-0.25, -0.2) is 13.9 Å². The Morgan fingerprint density at radius 3 is 2.92 bits per heavy atom. The fourth-order valence-corrected chi connectivity index (χ4v) is 0.841. The molecule has 7 heteroatoms. The van der Waals surface area contributed by atoms with Gasteiger partial charge in [-0.2, -0.15) is 0 Å². The minimum atomic E-state index is -2.44. The second kappa shape index (κ2) is 5.03. The van der Waals surface area contributed by atoms with Gasteiger partial charge in [-0.3, -0.25) is 0 Å². The average molecular weight is 210 g/mol. The largest absolute Gasteiger partial charge is 0.414 e. The first-order chi connectivity index (χ1) is 6.18. The third-order valence-electron chi connectivity index (χ3n) is 1.19. The van der Waals surface area contributed by atoms with Crippen molar-refractivity contribution in [1.29, 1.82) is 0 Å². The molecular formula is C6H8F2N2O2S. The van der Waals surface area contributed by atoms with Crippen molar-refractivity contribution < 1.29 is 17.9 Å². The van der Waals surface area contributed by atoms with Crippen LogP contribution in [0.5, 0.6) is 0 Å². The molecule has 0 fully saturated rings. The van der Waals surface area contributed by atoms with Gasteiger partial charge in [-0.1, -0.05) is 0 Å². The standard InChI is InChI=1S/C6H8F2N2O2S/c7-4(8)3-11-2-1-5-9-10-6(13)12-5/h4H,1-3H2,(H,10,13). The monoisotopic (exact) mass is 210 g/mol. The second-order valence-electron chi connectivity index (χ2n) is 2.22. The Labute approximate surface area is 77.9 Å². The molecule has 0 saturated heterocycles. The van der Waals surface area contributed by atoms with Gasteiger partial charge < -0.3 is 9.15 Å². The smallest absolute Gasteiger partial charge is 0.284 e. The van der Waals surface area contributed by atoms with Gasteiger partial charge in [0.1, 0.15) is 6.61 Å². The zero-order valence-corrected chi connectivity index (χ0v) is 7.44. The first kappa shape index (κ1) is 10.3. The predicted molar refractivity (Wildman–Crippen MR) is 42.2 cm³/mol. The Bertz CT molecular complexity index is 299. The summed E-state index contributed by atoms with van der Waals surface area (Å²) < 4.78 is 32.6. The lowest BCUT2D eigenvalue weighted by Gasteiger charge is -1.99. The van der Waals surface area contributed by atoms with Gasteiger partial charge in [0.25, 0.3) is 11.3 Å². The van der Waals surface area contributed by atoms with Crippen LogP contribution in [-0.2, 0) is 11.2 Å². The van der Waals surface area contributed by atoms with Crippen molar-refractivity contribution >= 4 is 12.2 Å². The van der Waals surface area contributed by atoms with Gasteiger partial charge in [0.15, 0.2) is 0 Å². The number of aromatic nitrogens is 2. The number of hydrogen-bond acceptors (Lipinski definition) is 4. The van der Waals surface area contributed by atoms with Crippen LogP contribution in [-0.4, -0.2) is 29.8 Å². The van der Waals surface area contributed by atoms with Crippen LogP contribution in [0.3, 0.4) is 0 Å². The van der Waals surface area contributed by atoms with E-state index < -0.39 is 13.0 Å². The van der Waals surface area contributed by atoms with Crippen LogP contribution >= 0.6 is 12.2 Å². The molecule has 0 unspecified atom stereocenters. The normalized spacial score (nSPS) is 11.0. The summed E-state index contributed by atoms with van der Waals surface area (Å²) in [5.74, 6) is 0.360. The summed E-state index contributed by atoms with van der Waals surface area (Å²) in [6.07, 6.45) is -2.11. The summed E-state index contributed by atoms with van der Waals surface area (Å²) in [6, 6.07) is 0. The molecule has 1 aromatic rings. The van der Waals surface area contributed by atoms with Crippen LogP contribution in [0.1, 0.15) is 5.89 Å². The molecule has 4 nitrogen and oxygen atoms in total. The molecule has 0 aliphatic carbocycles. The SMILES string of the molecule is FC(F)COCCc1n[nH]c(=S)o1. The van der Waals surface area contributed by atoms with Crippen molar-refractivity contribution in [1.82, 2.24) is 10.2 Å². The highest BCUT2D eigenvalue weighted by Crippen LogP contribution is 1.97. The molecule has 0 aromatic carbocycles. The summed E-state index contributed by atoms with van der Waals surface area (Å²) in [4.78, 5) is 0.170. The highest BCUT2D eigenvalue weighted by atomic mass is 32.1. The van der Waals surface area contributed by atoms with E-state index in [9.17, 15) is 8.78 Å². The summed E-state index contributed by atoms with van der Waals surface area (Å²) in [6.45, 7) is -0.418. The Hall–Kier alpha value is -0.820. The van der Waals surface area contributed by atoms with Crippen LogP contribution in [0.15, 0.2) is 4.42 Å². The van der Waals surface area contributed by atoms with Crippen LogP contribution in [0, 0.1) is 4.84 Å². The fraction of sp³-hybridized carbons (Fsp3) is 0.667. The molecule has 1 heterocycles. The number of aromatic amines is 1. The first-order valence-corrected chi connectivity index (χ1v) is 3.99. The number of alkyl halides is 2. The van der Waals surface area contributed by atoms with E-state index in [2.05, 4.69) is 27.2 Å². The lowest BCUT2D eigenvalue weighted by Crippen LogP contribution is -2.07. The molecule has 0 radical (unpaired) electrons. The van der Waals surface area contributed by atoms with Crippen molar-refractivity contribution in [3.05, 3.63) is 10.7 Å². The number of nitrogens with zero attached hydrogens (tertiary/aromatic N) is 1. The molecule has 0 amide bonds. The molecule has 1 rings (SSSR count). The summed E-state index contributed by atoms with van der Waals surface area (Å²) in [7, 11) is 0. The first-order valence-electron chi connectivity index (χ1n) is 3.59. The number of H-pyrrole nitrogens is 1. The highest BCUT2D eigenvalue weighted by molar-refractivity contribution is 7.71. The van der Waals surface area contributed by atoms with Gasteiger partial charge in [0, 0.05) is 6.42 Å². The number of hydrogen-bond donors (Lipinski definition) is 1. The van der Waals surface area contributed by atoms with Crippen LogP contribution in [0.2, 0.25) is 0 Å². The van der Waals surface area contributed by atoms with Crippen LogP contribution in [0.4, 0.5) is 8.78 Å². The van der Waals surface area contributed by atoms with E-state index >= 15 is 0 Å². The molecular weight excluding hydrogens is 202 g/mol. The van der Waals surface area contributed by atoms with E-state index in [1.807, 2.05) is 0 Å². The summed E-state index contributed by atoms with van der Waals surface area (Å²) in [5.41, 5.74) is 0. The van der Waals surface area contributed by atoms with Crippen molar-refractivity contribution in [2.24, 2.45) is 0 Å². The molecule has 13 heavy (non-hydrogen) atoms. The maximum absolute atomic E-state index is 11.6. The zero-order chi connectivity index (χ0) is 9.68.